The van der Waals surface area contributed by atoms with Crippen LogP contribution in [0.15, 0.2) is 11.6 Å². The maximum absolute atomic E-state index is 5.60. The average molecular weight is 228 g/mol. The first-order valence-corrected chi connectivity index (χ1v) is 6.61. The summed E-state index contributed by atoms with van der Waals surface area (Å²) in [7, 11) is 1.79. The van der Waals surface area contributed by atoms with Gasteiger partial charge in [-0.05, 0) is 49.8 Å². The van der Waals surface area contributed by atoms with Gasteiger partial charge in [-0.1, -0.05) is 24.1 Å². The summed E-state index contributed by atoms with van der Waals surface area (Å²) in [5.74, 6) is 1.78. The van der Waals surface area contributed by atoms with Crippen molar-refractivity contribution in [2.75, 3.05) is 7.11 Å². The number of hydrogen-bond donors (Lipinski definition) is 0. The smallest absolute Gasteiger partial charge is 0.129 e. The second kappa shape index (κ2) is 3.90. The Kier molecular flexibility index (Phi) is 2.50. The Bertz CT molecular complexity index is 497. The Morgan fingerprint density at radius 3 is 2.76 bits per heavy atom. The first-order valence-electron chi connectivity index (χ1n) is 6.61. The highest BCUT2D eigenvalue weighted by Crippen LogP contribution is 2.49. The summed E-state index contributed by atoms with van der Waals surface area (Å²) in [6, 6.07) is 2.28. The van der Waals surface area contributed by atoms with Gasteiger partial charge >= 0.3 is 0 Å². The van der Waals surface area contributed by atoms with Crippen LogP contribution in [-0.2, 0) is 0 Å². The van der Waals surface area contributed by atoms with Crippen LogP contribution in [0.4, 0.5) is 0 Å². The van der Waals surface area contributed by atoms with Gasteiger partial charge in [-0.2, -0.15) is 0 Å². The Morgan fingerprint density at radius 2 is 2.00 bits per heavy atom. The van der Waals surface area contributed by atoms with Crippen LogP contribution in [0.5, 0.6) is 5.75 Å². The molecule has 0 aromatic heterocycles. The van der Waals surface area contributed by atoms with Crippen molar-refractivity contribution in [3.8, 4) is 5.75 Å². The van der Waals surface area contributed by atoms with Crippen LogP contribution in [0.3, 0.4) is 0 Å². The van der Waals surface area contributed by atoms with Crippen molar-refractivity contribution in [2.45, 2.75) is 45.4 Å². The lowest BCUT2D eigenvalue weighted by molar-refractivity contribution is 0.410. The van der Waals surface area contributed by atoms with Crippen molar-refractivity contribution in [2.24, 2.45) is 0 Å². The molecular formula is C16H20O. The van der Waals surface area contributed by atoms with Gasteiger partial charge in [0, 0.05) is 11.5 Å². The Balaban J connectivity index is 2.21. The Morgan fingerprint density at radius 1 is 1.18 bits per heavy atom. The fourth-order valence-electron chi connectivity index (χ4n) is 3.62. The first kappa shape index (κ1) is 10.9. The molecule has 90 valence electrons. The number of aryl methyl sites for hydroxylation is 2. The molecule has 1 atom stereocenters. The van der Waals surface area contributed by atoms with Crippen LogP contribution in [0, 0.1) is 13.8 Å². The Labute approximate surface area is 103 Å². The lowest BCUT2D eigenvalue weighted by atomic mass is 9.81. The number of rotatable bonds is 1. The predicted octanol–water partition coefficient (Wildman–Crippen LogP) is 4.37. The van der Waals surface area contributed by atoms with E-state index in [-0.39, 0.29) is 0 Å². The molecule has 0 bridgehead atoms. The van der Waals surface area contributed by atoms with Gasteiger partial charge in [0.05, 0.1) is 7.11 Å². The standard InChI is InChI=1S/C16H20O/c1-10-8-11(2)16(17-3)14-9-12-6-4-5-7-13(12)15(10)14/h8-9,13H,4-7H2,1-3H3. The minimum Gasteiger partial charge on any atom is -0.496 e. The molecule has 2 aliphatic rings. The molecule has 1 nitrogen and oxygen atoms in total. The molecule has 1 saturated carbocycles. The van der Waals surface area contributed by atoms with Gasteiger partial charge in [0.15, 0.2) is 0 Å². The van der Waals surface area contributed by atoms with Gasteiger partial charge in [0.1, 0.15) is 5.75 Å². The zero-order valence-electron chi connectivity index (χ0n) is 11.0. The summed E-state index contributed by atoms with van der Waals surface area (Å²) in [4.78, 5) is 0. The van der Waals surface area contributed by atoms with E-state index in [0.29, 0.717) is 5.92 Å². The van der Waals surface area contributed by atoms with Crippen LogP contribution < -0.4 is 4.74 Å². The molecule has 2 aliphatic carbocycles. The van der Waals surface area contributed by atoms with E-state index in [1.54, 1.807) is 18.2 Å². The van der Waals surface area contributed by atoms with Crippen molar-refractivity contribution < 1.29 is 4.74 Å². The Hall–Kier alpha value is -1.24. The molecule has 1 unspecified atom stereocenters. The van der Waals surface area contributed by atoms with Crippen LogP contribution in [0.1, 0.15) is 53.9 Å². The molecule has 0 N–H and O–H groups in total. The van der Waals surface area contributed by atoms with Crippen molar-refractivity contribution in [1.82, 2.24) is 0 Å². The number of allylic oxidation sites excluding steroid dienone is 1. The highest BCUT2D eigenvalue weighted by molar-refractivity contribution is 5.74. The van der Waals surface area contributed by atoms with Crippen LogP contribution in [0.2, 0.25) is 0 Å². The number of methoxy groups -OCH3 is 1. The van der Waals surface area contributed by atoms with E-state index < -0.39 is 0 Å². The maximum Gasteiger partial charge on any atom is 0.129 e. The predicted molar refractivity (Wildman–Crippen MR) is 71.7 cm³/mol. The maximum atomic E-state index is 5.60. The summed E-state index contributed by atoms with van der Waals surface area (Å²) in [6.45, 7) is 4.39. The molecule has 17 heavy (non-hydrogen) atoms. The second-order valence-corrected chi connectivity index (χ2v) is 5.39. The topological polar surface area (TPSA) is 9.23 Å². The molecule has 1 heteroatoms. The van der Waals surface area contributed by atoms with Crippen LogP contribution in [-0.4, -0.2) is 7.11 Å². The van der Waals surface area contributed by atoms with E-state index in [0.717, 1.165) is 5.75 Å². The molecule has 0 heterocycles. The molecule has 3 rings (SSSR count). The number of ether oxygens (including phenoxy) is 1. The fraction of sp³-hybridized carbons (Fsp3) is 0.500. The highest BCUT2D eigenvalue weighted by atomic mass is 16.5. The molecule has 0 aliphatic heterocycles. The van der Waals surface area contributed by atoms with Crippen LogP contribution >= 0.6 is 0 Å². The van der Waals surface area contributed by atoms with E-state index in [2.05, 4.69) is 26.0 Å². The van der Waals surface area contributed by atoms with Gasteiger partial charge < -0.3 is 4.74 Å². The first-order chi connectivity index (χ1) is 8.22. The molecular weight excluding hydrogens is 208 g/mol. The van der Waals surface area contributed by atoms with E-state index in [9.17, 15) is 0 Å². The largest absolute Gasteiger partial charge is 0.496 e. The van der Waals surface area contributed by atoms with Crippen molar-refractivity contribution >= 4 is 6.08 Å². The normalized spacial score (nSPS) is 21.8. The third kappa shape index (κ3) is 1.52. The van der Waals surface area contributed by atoms with Crippen molar-refractivity contribution in [3.05, 3.63) is 33.9 Å². The summed E-state index contributed by atoms with van der Waals surface area (Å²) < 4.78 is 5.60. The van der Waals surface area contributed by atoms with E-state index in [1.165, 1.54) is 42.4 Å². The summed E-state index contributed by atoms with van der Waals surface area (Å²) >= 11 is 0. The van der Waals surface area contributed by atoms with E-state index in [4.69, 9.17) is 4.74 Å². The molecule has 0 saturated heterocycles. The van der Waals surface area contributed by atoms with Gasteiger partial charge in [-0.3, -0.25) is 0 Å². The van der Waals surface area contributed by atoms with Gasteiger partial charge in [-0.15, -0.1) is 0 Å². The average Bonchev–Trinajstić information content (AvgIpc) is 2.68. The number of hydrogen-bond acceptors (Lipinski definition) is 1. The fourth-order valence-corrected chi connectivity index (χ4v) is 3.62. The molecule has 1 aromatic rings. The third-order valence-electron chi connectivity index (χ3n) is 4.29. The lowest BCUT2D eigenvalue weighted by Gasteiger charge is -2.23. The SMILES string of the molecule is COc1c(C)cc(C)c2c1C=C1CCCCC12. The number of benzene rings is 1. The molecule has 1 aromatic carbocycles. The minimum atomic E-state index is 0.688. The molecule has 0 amide bonds. The molecule has 0 spiro atoms. The lowest BCUT2D eigenvalue weighted by Crippen LogP contribution is -2.07. The van der Waals surface area contributed by atoms with Gasteiger partial charge in [0.2, 0.25) is 0 Å². The van der Waals surface area contributed by atoms with Crippen molar-refractivity contribution in [1.29, 1.82) is 0 Å². The van der Waals surface area contributed by atoms with Gasteiger partial charge in [0.25, 0.3) is 0 Å². The second-order valence-electron chi connectivity index (χ2n) is 5.39. The third-order valence-corrected chi connectivity index (χ3v) is 4.29. The monoisotopic (exact) mass is 228 g/mol. The highest BCUT2D eigenvalue weighted by Gasteiger charge is 2.31. The summed E-state index contributed by atoms with van der Waals surface area (Å²) in [5, 5.41) is 0. The summed E-state index contributed by atoms with van der Waals surface area (Å²) in [5.41, 5.74) is 7.25. The quantitative estimate of drug-likeness (QED) is 0.693. The summed E-state index contributed by atoms with van der Waals surface area (Å²) in [6.07, 6.45) is 7.73. The molecule has 0 radical (unpaired) electrons. The molecule has 1 fully saturated rings. The van der Waals surface area contributed by atoms with E-state index in [1.807, 2.05) is 0 Å². The minimum absolute atomic E-state index is 0.688. The van der Waals surface area contributed by atoms with Crippen molar-refractivity contribution in [3.63, 3.8) is 0 Å². The zero-order chi connectivity index (χ0) is 12.0. The van der Waals surface area contributed by atoms with Gasteiger partial charge in [-0.25, -0.2) is 0 Å². The van der Waals surface area contributed by atoms with E-state index >= 15 is 0 Å². The zero-order valence-corrected chi connectivity index (χ0v) is 11.0. The van der Waals surface area contributed by atoms with Crippen LogP contribution in [0.25, 0.3) is 6.08 Å². The number of fused-ring (bicyclic) bond motifs is 3.